The molecule has 0 saturated carbocycles. The van der Waals surface area contributed by atoms with Gasteiger partial charge in [-0.1, -0.05) is 48.0 Å². The average molecular weight is 644 g/mol. The van der Waals surface area contributed by atoms with E-state index in [2.05, 4.69) is 16.4 Å². The number of aromatic nitrogens is 1. The Labute approximate surface area is 272 Å². The van der Waals surface area contributed by atoms with Crippen LogP contribution >= 0.6 is 11.6 Å². The van der Waals surface area contributed by atoms with Crippen LogP contribution in [-0.2, 0) is 29.1 Å². The Morgan fingerprint density at radius 2 is 1.91 bits per heavy atom. The van der Waals surface area contributed by atoms with Gasteiger partial charge in [0.05, 0.1) is 17.2 Å². The van der Waals surface area contributed by atoms with Gasteiger partial charge in [-0.05, 0) is 68.5 Å². The minimum Gasteiger partial charge on any atom is -0.488 e. The van der Waals surface area contributed by atoms with Crippen LogP contribution in [0.5, 0.6) is 11.5 Å². The second kappa shape index (κ2) is 14.3. The van der Waals surface area contributed by atoms with Crippen LogP contribution in [0.2, 0.25) is 5.02 Å². The molecule has 8 nitrogen and oxygen atoms in total. The molecule has 2 N–H and O–H groups in total. The zero-order chi connectivity index (χ0) is 32.8. The number of hydrogen-bond acceptors (Lipinski definition) is 8. The number of benzene rings is 3. The van der Waals surface area contributed by atoms with Gasteiger partial charge < -0.3 is 19.3 Å². The lowest BCUT2D eigenvalue weighted by Gasteiger charge is -2.24. The van der Waals surface area contributed by atoms with Crippen molar-refractivity contribution < 1.29 is 28.5 Å². The summed E-state index contributed by atoms with van der Waals surface area (Å²) in [5.41, 5.74) is 4.37. The van der Waals surface area contributed by atoms with Gasteiger partial charge in [0.25, 0.3) is 0 Å². The first-order valence-electron chi connectivity index (χ1n) is 15.0. The second-order valence-electron chi connectivity index (χ2n) is 12.0. The molecule has 0 aliphatic heterocycles. The van der Waals surface area contributed by atoms with E-state index in [0.717, 1.165) is 16.7 Å². The lowest BCUT2D eigenvalue weighted by Crippen LogP contribution is -2.43. The highest BCUT2D eigenvalue weighted by Crippen LogP contribution is 2.43. The number of carbonyl (C=O) groups excluding carboxylic acids is 1. The number of carbonyl (C=O) groups is 1. The van der Waals surface area contributed by atoms with Gasteiger partial charge >= 0.3 is 5.97 Å². The topological polar surface area (TPSA) is 114 Å². The number of hydrogen-bond donors (Lipinski definition) is 2. The van der Waals surface area contributed by atoms with E-state index in [4.69, 9.17) is 25.8 Å². The molecule has 46 heavy (non-hydrogen) atoms. The highest BCUT2D eigenvalue weighted by molar-refractivity contribution is 6.32. The van der Waals surface area contributed by atoms with Crippen molar-refractivity contribution >= 4 is 17.6 Å². The van der Waals surface area contributed by atoms with E-state index in [1.54, 1.807) is 57.3 Å². The van der Waals surface area contributed by atoms with Crippen molar-refractivity contribution in [1.29, 1.82) is 5.26 Å². The summed E-state index contributed by atoms with van der Waals surface area (Å²) in [4.78, 5) is 16.7. The number of pyridine rings is 1. The molecule has 0 radical (unpaired) electrons. The Kier molecular flexibility index (Phi) is 10.2. The number of halogens is 2. The first kappa shape index (κ1) is 32.9. The lowest BCUT2D eigenvalue weighted by atomic mass is 9.96. The maximum absolute atomic E-state index is 14.7. The van der Waals surface area contributed by atoms with E-state index in [-0.39, 0.29) is 25.1 Å². The van der Waals surface area contributed by atoms with Crippen molar-refractivity contribution in [1.82, 2.24) is 10.3 Å². The molecule has 0 spiro atoms. The molecular formula is C36H35ClFN3O5. The molecule has 0 saturated heterocycles. The van der Waals surface area contributed by atoms with Gasteiger partial charge in [0, 0.05) is 41.7 Å². The third-order valence-corrected chi connectivity index (χ3v) is 7.79. The number of esters is 1. The Hall–Kier alpha value is -4.49. The van der Waals surface area contributed by atoms with Crippen molar-refractivity contribution in [3.63, 3.8) is 0 Å². The molecule has 238 valence electrons. The van der Waals surface area contributed by atoms with E-state index in [1.165, 1.54) is 12.3 Å². The summed E-state index contributed by atoms with van der Waals surface area (Å²) in [6.07, 6.45) is 4.15. The predicted molar refractivity (Wildman–Crippen MR) is 172 cm³/mol. The van der Waals surface area contributed by atoms with Crippen molar-refractivity contribution in [3.8, 4) is 28.7 Å². The molecule has 3 aromatic carbocycles. The molecule has 1 aliphatic carbocycles. The number of nitrogens with zero attached hydrogens (tertiary/aromatic N) is 2. The summed E-state index contributed by atoms with van der Waals surface area (Å²) in [6.45, 7) is 5.01. The number of aliphatic hydroxyl groups is 1. The van der Waals surface area contributed by atoms with E-state index in [0.29, 0.717) is 51.6 Å². The second-order valence-corrected chi connectivity index (χ2v) is 12.4. The third kappa shape index (κ3) is 7.83. The largest absolute Gasteiger partial charge is 0.488 e. The molecule has 0 unspecified atom stereocenters. The van der Waals surface area contributed by atoms with Crippen LogP contribution in [0.15, 0.2) is 73.1 Å². The number of nitrogens with one attached hydrogen (secondary N) is 1. The SMILES string of the molecule is CC(C)(C)OC(=O)[C@H](CO)NCc1cc(Cl)c(O[C@H]2CCc3c(-c4ccccc4F)cccc32)cc1OCc1cncc(C#N)c1. The molecule has 2 atom stereocenters. The maximum Gasteiger partial charge on any atom is 0.326 e. The lowest BCUT2D eigenvalue weighted by molar-refractivity contribution is -0.158. The first-order chi connectivity index (χ1) is 22.1. The molecule has 0 amide bonds. The molecule has 0 bridgehead atoms. The minimum absolute atomic E-state index is 0.102. The van der Waals surface area contributed by atoms with Crippen LogP contribution < -0.4 is 14.8 Å². The van der Waals surface area contributed by atoms with Crippen LogP contribution in [0.4, 0.5) is 4.39 Å². The Balaban J connectivity index is 1.42. The molecule has 1 heterocycles. The quantitative estimate of drug-likeness (QED) is 0.171. The fourth-order valence-electron chi connectivity index (χ4n) is 5.38. The Morgan fingerprint density at radius 3 is 2.65 bits per heavy atom. The fourth-order valence-corrected chi connectivity index (χ4v) is 5.61. The monoisotopic (exact) mass is 643 g/mol. The third-order valence-electron chi connectivity index (χ3n) is 7.50. The van der Waals surface area contributed by atoms with Crippen molar-refractivity contribution in [3.05, 3.63) is 112 Å². The van der Waals surface area contributed by atoms with E-state index >= 15 is 0 Å². The summed E-state index contributed by atoms with van der Waals surface area (Å²) < 4.78 is 32.8. The maximum atomic E-state index is 14.7. The van der Waals surface area contributed by atoms with Gasteiger partial charge in [0.15, 0.2) is 0 Å². The summed E-state index contributed by atoms with van der Waals surface area (Å²) >= 11 is 6.77. The molecule has 4 aromatic rings. The molecule has 10 heteroatoms. The van der Waals surface area contributed by atoms with Crippen molar-refractivity contribution in [2.24, 2.45) is 0 Å². The standard InChI is InChI=1S/C36H35ClFN3O5/c1-36(2,3)46-35(43)31(20-42)41-19-24-14-29(37)34(15-33(24)44-21-23-13-22(16-39)17-40-18-23)45-32-12-11-26-25(8-6-9-28(26)32)27-7-4-5-10-30(27)38/h4-10,13-15,17-18,31-32,41-42H,11-12,19-21H2,1-3H3/t31-,32-/m0/s1. The number of aliphatic hydroxyl groups excluding tert-OH is 1. The summed E-state index contributed by atoms with van der Waals surface area (Å²) in [5.74, 6) is -0.0461. The summed E-state index contributed by atoms with van der Waals surface area (Å²) in [7, 11) is 0. The Morgan fingerprint density at radius 1 is 1.13 bits per heavy atom. The van der Waals surface area contributed by atoms with Gasteiger partial charge in [-0.25, -0.2) is 4.39 Å². The zero-order valence-corrected chi connectivity index (χ0v) is 26.6. The van der Waals surface area contributed by atoms with Gasteiger partial charge in [0.2, 0.25) is 0 Å². The number of nitriles is 1. The van der Waals surface area contributed by atoms with Crippen LogP contribution in [0.1, 0.15) is 61.1 Å². The molecular weight excluding hydrogens is 609 g/mol. The first-order valence-corrected chi connectivity index (χ1v) is 15.3. The van der Waals surface area contributed by atoms with Gasteiger partial charge in [-0.2, -0.15) is 5.26 Å². The molecule has 1 aromatic heterocycles. The van der Waals surface area contributed by atoms with Crippen LogP contribution in [-0.4, -0.2) is 34.3 Å². The van der Waals surface area contributed by atoms with Crippen LogP contribution in [0.25, 0.3) is 11.1 Å². The Bertz CT molecular complexity index is 1770. The summed E-state index contributed by atoms with van der Waals surface area (Å²) in [6, 6.07) is 18.7. The predicted octanol–water partition coefficient (Wildman–Crippen LogP) is 6.85. The molecule has 0 fully saturated rings. The van der Waals surface area contributed by atoms with Crippen LogP contribution in [0.3, 0.4) is 0 Å². The molecule has 5 rings (SSSR count). The zero-order valence-electron chi connectivity index (χ0n) is 25.8. The number of ether oxygens (including phenoxy) is 3. The van der Waals surface area contributed by atoms with Crippen molar-refractivity contribution in [2.45, 2.75) is 64.5 Å². The van der Waals surface area contributed by atoms with E-state index in [1.807, 2.05) is 24.3 Å². The molecule has 1 aliphatic rings. The van der Waals surface area contributed by atoms with Crippen LogP contribution in [0, 0.1) is 17.1 Å². The smallest absolute Gasteiger partial charge is 0.326 e. The fraction of sp³-hybridized carbons (Fsp3) is 0.306. The van der Waals surface area contributed by atoms with Gasteiger partial charge in [0.1, 0.15) is 47.7 Å². The van der Waals surface area contributed by atoms with Gasteiger partial charge in [-0.15, -0.1) is 0 Å². The number of rotatable bonds is 11. The van der Waals surface area contributed by atoms with Gasteiger partial charge in [-0.3, -0.25) is 15.1 Å². The highest BCUT2D eigenvalue weighted by Gasteiger charge is 2.29. The highest BCUT2D eigenvalue weighted by atomic mass is 35.5. The van der Waals surface area contributed by atoms with Crippen molar-refractivity contribution in [2.75, 3.05) is 6.61 Å². The van der Waals surface area contributed by atoms with E-state index in [9.17, 15) is 19.6 Å². The average Bonchev–Trinajstić information content (AvgIpc) is 3.44. The summed E-state index contributed by atoms with van der Waals surface area (Å²) in [5, 5.41) is 22.5. The minimum atomic E-state index is -0.975. The normalized spacial score (nSPS) is 14.7. The number of fused-ring (bicyclic) bond motifs is 1. The van der Waals surface area contributed by atoms with E-state index < -0.39 is 24.2 Å².